The minimum absolute atomic E-state index is 0.0934. The average molecular weight is 310 g/mol. The second-order valence-corrected chi connectivity index (χ2v) is 6.48. The van der Waals surface area contributed by atoms with E-state index < -0.39 is 5.97 Å². The summed E-state index contributed by atoms with van der Waals surface area (Å²) in [5, 5.41) is 9.58. The summed E-state index contributed by atoms with van der Waals surface area (Å²) in [5.74, 6) is -1.28. The smallest absolute Gasteiger partial charge is 0.340 e. The van der Waals surface area contributed by atoms with E-state index in [2.05, 4.69) is 4.37 Å². The van der Waals surface area contributed by atoms with Crippen molar-refractivity contribution in [1.29, 1.82) is 0 Å². The van der Waals surface area contributed by atoms with E-state index in [1.807, 2.05) is 19.9 Å². The molecule has 0 saturated carbocycles. The third-order valence-electron chi connectivity index (χ3n) is 3.04. The summed E-state index contributed by atoms with van der Waals surface area (Å²) < 4.78 is 4.03. The van der Waals surface area contributed by atoms with Crippen LogP contribution in [0.25, 0.3) is 0 Å². The maximum absolute atomic E-state index is 12.4. The molecule has 0 radical (unpaired) electrons. The quantitative estimate of drug-likeness (QED) is 0.945. The van der Waals surface area contributed by atoms with Gasteiger partial charge in [0, 0.05) is 11.9 Å². The largest absolute Gasteiger partial charge is 0.478 e. The molecule has 5 nitrogen and oxygen atoms in total. The lowest BCUT2D eigenvalue weighted by Gasteiger charge is -2.14. The molecule has 0 aliphatic carbocycles. The highest BCUT2D eigenvalue weighted by Crippen LogP contribution is 2.30. The molecule has 0 aromatic carbocycles. The van der Waals surface area contributed by atoms with E-state index in [1.54, 1.807) is 14.0 Å². The maximum atomic E-state index is 12.4. The van der Waals surface area contributed by atoms with Crippen LogP contribution in [0.2, 0.25) is 0 Å². The second-order valence-electron chi connectivity index (χ2n) is 4.47. The first-order chi connectivity index (χ1) is 9.32. The van der Waals surface area contributed by atoms with Gasteiger partial charge in [0.1, 0.15) is 10.6 Å². The number of aryl methyl sites for hydroxylation is 3. The molecular weight excluding hydrogens is 296 g/mol. The molecule has 2 aromatic rings. The zero-order chi connectivity index (χ0) is 15.0. The van der Waals surface area contributed by atoms with E-state index >= 15 is 0 Å². The normalized spacial score (nSPS) is 10.6. The SMILES string of the molecule is Cc1cc(C(=O)N(C)c2snc(C)c2C(=O)O)sc1C. The Morgan fingerprint density at radius 1 is 1.30 bits per heavy atom. The minimum Gasteiger partial charge on any atom is -0.478 e. The Kier molecular flexibility index (Phi) is 3.92. The van der Waals surface area contributed by atoms with Gasteiger partial charge in [-0.05, 0) is 43.9 Å². The number of aromatic carboxylic acids is 1. The highest BCUT2D eigenvalue weighted by atomic mass is 32.1. The Bertz CT molecular complexity index is 668. The third kappa shape index (κ3) is 2.46. The van der Waals surface area contributed by atoms with Crippen LogP contribution >= 0.6 is 22.9 Å². The summed E-state index contributed by atoms with van der Waals surface area (Å²) in [6, 6.07) is 1.83. The van der Waals surface area contributed by atoms with Gasteiger partial charge in [-0.3, -0.25) is 4.79 Å². The van der Waals surface area contributed by atoms with Gasteiger partial charge in [-0.15, -0.1) is 11.3 Å². The van der Waals surface area contributed by atoms with E-state index in [9.17, 15) is 14.7 Å². The molecule has 0 atom stereocenters. The molecule has 7 heteroatoms. The highest BCUT2D eigenvalue weighted by molar-refractivity contribution is 7.14. The summed E-state index contributed by atoms with van der Waals surface area (Å²) in [6.07, 6.45) is 0. The van der Waals surface area contributed by atoms with E-state index in [1.165, 1.54) is 16.2 Å². The number of aromatic nitrogens is 1. The molecule has 0 spiro atoms. The first kappa shape index (κ1) is 14.7. The van der Waals surface area contributed by atoms with Gasteiger partial charge in [0.2, 0.25) is 0 Å². The van der Waals surface area contributed by atoms with Crippen molar-refractivity contribution in [2.24, 2.45) is 0 Å². The molecule has 1 amide bonds. The van der Waals surface area contributed by atoms with Gasteiger partial charge in [0.25, 0.3) is 5.91 Å². The maximum Gasteiger partial charge on any atom is 0.340 e. The topological polar surface area (TPSA) is 70.5 Å². The summed E-state index contributed by atoms with van der Waals surface area (Å²) >= 11 is 2.44. The van der Waals surface area contributed by atoms with Gasteiger partial charge >= 0.3 is 5.97 Å². The van der Waals surface area contributed by atoms with Crippen molar-refractivity contribution in [3.8, 4) is 0 Å². The third-order valence-corrected chi connectivity index (χ3v) is 5.20. The van der Waals surface area contributed by atoms with Gasteiger partial charge in [-0.25, -0.2) is 4.79 Å². The number of rotatable bonds is 3. The van der Waals surface area contributed by atoms with E-state index in [4.69, 9.17) is 0 Å². The van der Waals surface area contributed by atoms with E-state index in [0.717, 1.165) is 22.0 Å². The molecule has 0 aliphatic heterocycles. The van der Waals surface area contributed by atoms with Crippen LogP contribution in [0.15, 0.2) is 6.07 Å². The summed E-state index contributed by atoms with van der Waals surface area (Å²) in [7, 11) is 1.58. The van der Waals surface area contributed by atoms with Gasteiger partial charge in [-0.1, -0.05) is 0 Å². The Morgan fingerprint density at radius 3 is 2.45 bits per heavy atom. The molecule has 0 saturated heterocycles. The first-order valence-electron chi connectivity index (χ1n) is 5.87. The summed E-state index contributed by atoms with van der Waals surface area (Å²) in [5.41, 5.74) is 1.58. The molecule has 2 heterocycles. The lowest BCUT2D eigenvalue weighted by atomic mass is 10.2. The molecule has 0 bridgehead atoms. The van der Waals surface area contributed by atoms with Crippen LogP contribution < -0.4 is 4.90 Å². The van der Waals surface area contributed by atoms with Crippen LogP contribution in [0.5, 0.6) is 0 Å². The average Bonchev–Trinajstić information content (AvgIpc) is 2.92. The monoisotopic (exact) mass is 310 g/mol. The summed E-state index contributed by atoms with van der Waals surface area (Å²) in [4.78, 5) is 26.7. The van der Waals surface area contributed by atoms with Crippen molar-refractivity contribution in [2.45, 2.75) is 20.8 Å². The molecule has 2 aromatic heterocycles. The number of hydrogen-bond donors (Lipinski definition) is 1. The lowest BCUT2D eigenvalue weighted by molar-refractivity contribution is 0.0697. The lowest BCUT2D eigenvalue weighted by Crippen LogP contribution is -2.26. The standard InChI is InChI=1S/C13H14N2O3S2/c1-6-5-9(19-8(6)3)11(16)15(4)12-10(13(17)18)7(2)14-20-12/h5H,1-4H3,(H,17,18). The number of amides is 1. The number of carbonyl (C=O) groups excluding carboxylic acids is 1. The van der Waals surface area contributed by atoms with Crippen LogP contribution in [0, 0.1) is 20.8 Å². The number of hydrogen-bond acceptors (Lipinski definition) is 5. The van der Waals surface area contributed by atoms with Crippen LogP contribution in [0.3, 0.4) is 0 Å². The fourth-order valence-electron chi connectivity index (χ4n) is 1.77. The van der Waals surface area contributed by atoms with Crippen LogP contribution in [0.1, 0.15) is 36.2 Å². The fourth-order valence-corrected chi connectivity index (χ4v) is 3.63. The Balaban J connectivity index is 2.39. The molecule has 106 valence electrons. The number of carbonyl (C=O) groups is 2. The van der Waals surface area contributed by atoms with Crippen LogP contribution in [0.4, 0.5) is 5.00 Å². The first-order valence-corrected chi connectivity index (χ1v) is 7.46. The van der Waals surface area contributed by atoms with Crippen LogP contribution in [-0.4, -0.2) is 28.4 Å². The van der Waals surface area contributed by atoms with E-state index in [-0.39, 0.29) is 11.5 Å². The Labute approximate surface area is 124 Å². The molecule has 2 rings (SSSR count). The van der Waals surface area contributed by atoms with Crippen molar-refractivity contribution in [3.05, 3.63) is 32.6 Å². The molecule has 20 heavy (non-hydrogen) atoms. The zero-order valence-electron chi connectivity index (χ0n) is 11.6. The number of carboxylic acid groups (broad SMARTS) is 1. The number of thiophene rings is 1. The number of nitrogens with zero attached hydrogens (tertiary/aromatic N) is 2. The molecule has 0 unspecified atom stereocenters. The second kappa shape index (κ2) is 5.34. The molecular formula is C13H14N2O3S2. The molecule has 0 fully saturated rings. The van der Waals surface area contributed by atoms with E-state index in [0.29, 0.717) is 15.6 Å². The van der Waals surface area contributed by atoms with Crippen molar-refractivity contribution in [2.75, 3.05) is 11.9 Å². The van der Waals surface area contributed by atoms with Crippen molar-refractivity contribution < 1.29 is 14.7 Å². The number of anilines is 1. The van der Waals surface area contributed by atoms with Gasteiger partial charge < -0.3 is 10.0 Å². The van der Waals surface area contributed by atoms with Gasteiger partial charge in [-0.2, -0.15) is 4.37 Å². The van der Waals surface area contributed by atoms with Crippen molar-refractivity contribution in [3.63, 3.8) is 0 Å². The Hall–Kier alpha value is -1.73. The summed E-state index contributed by atoms with van der Waals surface area (Å²) in [6.45, 7) is 5.53. The van der Waals surface area contributed by atoms with Crippen LogP contribution in [-0.2, 0) is 0 Å². The van der Waals surface area contributed by atoms with Gasteiger partial charge in [0.05, 0.1) is 10.6 Å². The molecule has 1 N–H and O–H groups in total. The zero-order valence-corrected chi connectivity index (χ0v) is 13.2. The van der Waals surface area contributed by atoms with Gasteiger partial charge in [0.15, 0.2) is 0 Å². The Morgan fingerprint density at radius 2 is 1.95 bits per heavy atom. The fraction of sp³-hybridized carbons (Fsp3) is 0.308. The molecule has 0 aliphatic rings. The van der Waals surface area contributed by atoms with Crippen molar-refractivity contribution >= 4 is 39.7 Å². The number of carboxylic acids is 1. The van der Waals surface area contributed by atoms with Crippen molar-refractivity contribution in [1.82, 2.24) is 4.37 Å². The predicted octanol–water partition coefficient (Wildman–Crippen LogP) is 3.10. The highest BCUT2D eigenvalue weighted by Gasteiger charge is 2.25. The minimum atomic E-state index is -1.07. The predicted molar refractivity (Wildman–Crippen MR) is 80.3 cm³/mol.